The molecule has 0 bridgehead atoms. The summed E-state index contributed by atoms with van der Waals surface area (Å²) in [5.74, 6) is 1.15. The van der Waals surface area contributed by atoms with Gasteiger partial charge in [0.2, 0.25) is 5.91 Å². The fourth-order valence-corrected chi connectivity index (χ4v) is 5.77. The lowest BCUT2D eigenvalue weighted by Gasteiger charge is -2.35. The summed E-state index contributed by atoms with van der Waals surface area (Å²) in [4.78, 5) is 30.3. The van der Waals surface area contributed by atoms with Crippen molar-refractivity contribution in [1.82, 2.24) is 15.1 Å². The molecule has 6 heteroatoms. The number of thioether (sulfide) groups is 1. The average Bonchev–Trinajstić information content (AvgIpc) is 3.13. The van der Waals surface area contributed by atoms with Crippen LogP contribution in [0.1, 0.15) is 48.0 Å². The number of aryl methyl sites for hydroxylation is 1. The molecule has 0 aromatic heterocycles. The smallest absolute Gasteiger partial charge is 0.255 e. The standard InChI is InChI=1S/C22H33N3O2S/c1-16-9-11-17(12-10-16)21(27)25-19(20(26)23-13-14-24(2)3)15-28-22(25)18-7-5-4-6-8-18/h9-12,18-19,22H,4-8,13-15H2,1-3H3,(H,23,26)/t19-,22+/m1/s1. The van der Waals surface area contributed by atoms with E-state index >= 15 is 0 Å². The third-order valence-electron chi connectivity index (χ3n) is 5.78. The minimum atomic E-state index is -0.382. The molecule has 1 saturated carbocycles. The molecule has 2 atom stereocenters. The maximum Gasteiger partial charge on any atom is 0.255 e. The van der Waals surface area contributed by atoms with E-state index in [2.05, 4.69) is 5.32 Å². The topological polar surface area (TPSA) is 52.7 Å². The Hall–Kier alpha value is -1.53. The molecule has 5 nitrogen and oxygen atoms in total. The number of nitrogens with one attached hydrogen (secondary N) is 1. The van der Waals surface area contributed by atoms with E-state index in [-0.39, 0.29) is 23.2 Å². The third-order valence-corrected chi connectivity index (χ3v) is 7.24. The second-order valence-electron chi connectivity index (χ2n) is 8.31. The Morgan fingerprint density at radius 2 is 1.82 bits per heavy atom. The molecular weight excluding hydrogens is 370 g/mol. The van der Waals surface area contributed by atoms with Crippen molar-refractivity contribution in [1.29, 1.82) is 0 Å². The van der Waals surface area contributed by atoms with Crippen LogP contribution in [0.25, 0.3) is 0 Å². The third kappa shape index (κ3) is 5.09. The van der Waals surface area contributed by atoms with Crippen molar-refractivity contribution in [2.45, 2.75) is 50.4 Å². The Labute approximate surface area is 173 Å². The molecule has 1 heterocycles. The number of hydrogen-bond donors (Lipinski definition) is 1. The van der Waals surface area contributed by atoms with E-state index < -0.39 is 0 Å². The van der Waals surface area contributed by atoms with Crippen molar-refractivity contribution >= 4 is 23.6 Å². The van der Waals surface area contributed by atoms with E-state index in [0.717, 1.165) is 24.9 Å². The second kappa shape index (κ2) is 9.79. The Bertz CT molecular complexity index is 671. The zero-order valence-corrected chi connectivity index (χ0v) is 18.1. The fourth-order valence-electron chi connectivity index (χ4n) is 4.14. The zero-order chi connectivity index (χ0) is 20.1. The summed E-state index contributed by atoms with van der Waals surface area (Å²) in [6.07, 6.45) is 6.06. The number of amides is 2. The predicted octanol–water partition coefficient (Wildman–Crippen LogP) is 3.14. The molecule has 1 N–H and O–H groups in total. The van der Waals surface area contributed by atoms with Crippen LogP contribution in [0, 0.1) is 12.8 Å². The van der Waals surface area contributed by atoms with Gasteiger partial charge in [-0.15, -0.1) is 11.8 Å². The van der Waals surface area contributed by atoms with Gasteiger partial charge in [-0.1, -0.05) is 37.0 Å². The molecule has 0 spiro atoms. The molecular formula is C22H33N3O2S. The molecule has 3 rings (SSSR count). The van der Waals surface area contributed by atoms with E-state index in [1.54, 1.807) is 11.8 Å². The summed E-state index contributed by atoms with van der Waals surface area (Å²) < 4.78 is 0. The summed E-state index contributed by atoms with van der Waals surface area (Å²) in [6, 6.07) is 7.34. The van der Waals surface area contributed by atoms with Crippen molar-refractivity contribution in [2.75, 3.05) is 32.9 Å². The van der Waals surface area contributed by atoms with Crippen LogP contribution in [0.3, 0.4) is 0 Å². The van der Waals surface area contributed by atoms with Crippen LogP contribution >= 0.6 is 11.8 Å². The molecule has 2 amide bonds. The van der Waals surface area contributed by atoms with Gasteiger partial charge in [0, 0.05) is 24.4 Å². The first kappa shape index (κ1) is 21.2. The van der Waals surface area contributed by atoms with Crippen molar-refractivity contribution < 1.29 is 9.59 Å². The van der Waals surface area contributed by atoms with Crippen LogP contribution in [0.2, 0.25) is 0 Å². The number of hydrogen-bond acceptors (Lipinski definition) is 4. The molecule has 1 aliphatic heterocycles. The lowest BCUT2D eigenvalue weighted by atomic mass is 9.88. The Morgan fingerprint density at radius 1 is 1.14 bits per heavy atom. The molecule has 28 heavy (non-hydrogen) atoms. The highest BCUT2D eigenvalue weighted by Crippen LogP contribution is 2.41. The van der Waals surface area contributed by atoms with Crippen LogP contribution in [0.5, 0.6) is 0 Å². The van der Waals surface area contributed by atoms with E-state index in [9.17, 15) is 9.59 Å². The highest BCUT2D eigenvalue weighted by atomic mass is 32.2. The van der Waals surface area contributed by atoms with Crippen molar-refractivity contribution in [3.05, 3.63) is 35.4 Å². The van der Waals surface area contributed by atoms with Gasteiger partial charge >= 0.3 is 0 Å². The minimum Gasteiger partial charge on any atom is -0.353 e. The van der Waals surface area contributed by atoms with Gasteiger partial charge in [-0.05, 0) is 51.9 Å². The number of nitrogens with zero attached hydrogens (tertiary/aromatic N) is 2. The van der Waals surface area contributed by atoms with Gasteiger partial charge in [0.1, 0.15) is 6.04 Å². The van der Waals surface area contributed by atoms with Crippen LogP contribution in [-0.2, 0) is 4.79 Å². The normalized spacial score (nSPS) is 23.2. The quantitative estimate of drug-likeness (QED) is 0.793. The van der Waals surface area contributed by atoms with Crippen molar-refractivity contribution in [3.63, 3.8) is 0 Å². The van der Waals surface area contributed by atoms with Gasteiger partial charge < -0.3 is 15.1 Å². The maximum atomic E-state index is 13.4. The SMILES string of the molecule is Cc1ccc(C(=O)N2[C@@H](C(=O)NCCN(C)C)CS[C@H]2C2CCCCC2)cc1. The largest absolute Gasteiger partial charge is 0.353 e. The highest BCUT2D eigenvalue weighted by molar-refractivity contribution is 8.00. The van der Waals surface area contributed by atoms with Crippen LogP contribution < -0.4 is 5.32 Å². The van der Waals surface area contributed by atoms with Gasteiger partial charge in [-0.3, -0.25) is 9.59 Å². The average molecular weight is 404 g/mol. The zero-order valence-electron chi connectivity index (χ0n) is 17.3. The lowest BCUT2D eigenvalue weighted by Crippen LogP contribution is -2.52. The van der Waals surface area contributed by atoms with E-state index in [1.165, 1.54) is 19.3 Å². The van der Waals surface area contributed by atoms with E-state index in [1.807, 2.05) is 55.1 Å². The van der Waals surface area contributed by atoms with Gasteiger partial charge in [0.05, 0.1) is 5.37 Å². The summed E-state index contributed by atoms with van der Waals surface area (Å²) in [5.41, 5.74) is 1.81. The van der Waals surface area contributed by atoms with Gasteiger partial charge in [0.25, 0.3) is 5.91 Å². The Balaban J connectivity index is 1.78. The number of carbonyl (C=O) groups is 2. The predicted molar refractivity (Wildman–Crippen MR) is 116 cm³/mol. The fraction of sp³-hybridized carbons (Fsp3) is 0.636. The van der Waals surface area contributed by atoms with Crippen LogP contribution in [0.4, 0.5) is 0 Å². The molecule has 1 aromatic carbocycles. The molecule has 2 fully saturated rings. The first-order valence-electron chi connectivity index (χ1n) is 10.4. The molecule has 0 unspecified atom stereocenters. The van der Waals surface area contributed by atoms with Gasteiger partial charge in [-0.2, -0.15) is 0 Å². The molecule has 1 aliphatic carbocycles. The molecule has 2 aliphatic rings. The van der Waals surface area contributed by atoms with E-state index in [4.69, 9.17) is 0 Å². The Morgan fingerprint density at radius 3 is 2.46 bits per heavy atom. The number of rotatable bonds is 6. The number of likely N-dealkylation sites (N-methyl/N-ethyl adjacent to an activating group) is 1. The highest BCUT2D eigenvalue weighted by Gasteiger charge is 2.45. The minimum absolute atomic E-state index is 0.00617. The summed E-state index contributed by atoms with van der Waals surface area (Å²) in [7, 11) is 3.98. The monoisotopic (exact) mass is 403 g/mol. The van der Waals surface area contributed by atoms with Crippen LogP contribution in [0.15, 0.2) is 24.3 Å². The molecule has 1 aromatic rings. The maximum absolute atomic E-state index is 13.4. The first-order valence-corrected chi connectivity index (χ1v) is 11.5. The number of benzene rings is 1. The van der Waals surface area contributed by atoms with Crippen LogP contribution in [-0.4, -0.2) is 66.0 Å². The Kier molecular flexibility index (Phi) is 7.41. The summed E-state index contributed by atoms with van der Waals surface area (Å²) in [5, 5.41) is 3.15. The lowest BCUT2D eigenvalue weighted by molar-refractivity contribution is -0.125. The second-order valence-corrected chi connectivity index (χ2v) is 9.46. The molecule has 0 radical (unpaired) electrons. The summed E-state index contributed by atoms with van der Waals surface area (Å²) >= 11 is 1.79. The van der Waals surface area contributed by atoms with Gasteiger partial charge in [-0.25, -0.2) is 0 Å². The molecule has 1 saturated heterocycles. The molecule has 154 valence electrons. The first-order chi connectivity index (χ1) is 13.5. The van der Waals surface area contributed by atoms with Crippen molar-refractivity contribution in [3.8, 4) is 0 Å². The van der Waals surface area contributed by atoms with E-state index in [0.29, 0.717) is 23.8 Å². The van der Waals surface area contributed by atoms with Gasteiger partial charge in [0.15, 0.2) is 0 Å². The number of carbonyl (C=O) groups excluding carboxylic acids is 2. The summed E-state index contributed by atoms with van der Waals surface area (Å²) in [6.45, 7) is 3.42. The van der Waals surface area contributed by atoms with Crippen molar-refractivity contribution in [2.24, 2.45) is 5.92 Å².